The van der Waals surface area contributed by atoms with Gasteiger partial charge in [0.1, 0.15) is 5.75 Å². The SMILES string of the molecule is COc1ccc(CN2C(=O)[C@H](CC3CCCCC3)C3(CCC4CCCCC4)OC(=O)C23C)cc1. The number of ether oxygens (including phenoxy) is 2. The summed E-state index contributed by atoms with van der Waals surface area (Å²) in [5, 5.41) is 0. The second-order valence-electron chi connectivity index (χ2n) is 11.5. The second kappa shape index (κ2) is 9.54. The maximum absolute atomic E-state index is 14.0. The molecule has 0 spiro atoms. The zero-order valence-corrected chi connectivity index (χ0v) is 21.0. The molecule has 0 radical (unpaired) electrons. The highest BCUT2D eigenvalue weighted by Crippen LogP contribution is 2.59. The van der Waals surface area contributed by atoms with Crippen molar-refractivity contribution < 1.29 is 19.1 Å². The van der Waals surface area contributed by atoms with E-state index in [-0.39, 0.29) is 17.8 Å². The van der Waals surface area contributed by atoms with E-state index in [4.69, 9.17) is 9.47 Å². The first kappa shape index (κ1) is 23.7. The molecule has 1 amide bonds. The molecule has 5 heteroatoms. The largest absolute Gasteiger partial charge is 0.497 e. The quantitative estimate of drug-likeness (QED) is 0.438. The second-order valence-corrected chi connectivity index (χ2v) is 11.5. The van der Waals surface area contributed by atoms with E-state index < -0.39 is 11.1 Å². The molecule has 186 valence electrons. The Morgan fingerprint density at radius 2 is 1.56 bits per heavy atom. The minimum Gasteiger partial charge on any atom is -0.497 e. The summed E-state index contributed by atoms with van der Waals surface area (Å²) < 4.78 is 11.5. The van der Waals surface area contributed by atoms with Crippen molar-refractivity contribution in [2.75, 3.05) is 7.11 Å². The summed E-state index contributed by atoms with van der Waals surface area (Å²) in [7, 11) is 1.65. The Balaban J connectivity index is 1.42. The lowest BCUT2D eigenvalue weighted by Crippen LogP contribution is -2.74. The fourth-order valence-electron chi connectivity index (χ4n) is 7.41. The Kier molecular flexibility index (Phi) is 6.65. The Morgan fingerprint density at radius 1 is 0.941 bits per heavy atom. The van der Waals surface area contributed by atoms with Gasteiger partial charge in [-0.05, 0) is 55.7 Å². The van der Waals surface area contributed by atoms with E-state index >= 15 is 0 Å². The molecule has 2 aliphatic carbocycles. The number of hydrogen-bond acceptors (Lipinski definition) is 4. The molecule has 5 rings (SSSR count). The topological polar surface area (TPSA) is 55.8 Å². The molecule has 1 aromatic rings. The van der Waals surface area contributed by atoms with Crippen molar-refractivity contribution >= 4 is 11.9 Å². The van der Waals surface area contributed by atoms with Crippen LogP contribution in [0.25, 0.3) is 0 Å². The van der Waals surface area contributed by atoms with Crippen LogP contribution in [0.4, 0.5) is 0 Å². The van der Waals surface area contributed by atoms with Gasteiger partial charge in [-0.2, -0.15) is 0 Å². The molecule has 0 bridgehead atoms. The molecule has 0 aromatic heterocycles. The van der Waals surface area contributed by atoms with Gasteiger partial charge in [0.25, 0.3) is 0 Å². The van der Waals surface area contributed by atoms with Crippen LogP contribution < -0.4 is 4.74 Å². The summed E-state index contributed by atoms with van der Waals surface area (Å²) in [4.78, 5) is 29.1. The van der Waals surface area contributed by atoms with Gasteiger partial charge < -0.3 is 14.4 Å². The normalized spacial score (nSPS) is 32.3. The Hall–Kier alpha value is -2.04. The smallest absolute Gasteiger partial charge is 0.336 e. The molecule has 2 heterocycles. The molecule has 0 N–H and O–H groups in total. The van der Waals surface area contributed by atoms with E-state index in [9.17, 15) is 9.59 Å². The van der Waals surface area contributed by atoms with Gasteiger partial charge >= 0.3 is 5.97 Å². The van der Waals surface area contributed by atoms with Crippen molar-refractivity contribution in [2.45, 2.75) is 108 Å². The summed E-state index contributed by atoms with van der Waals surface area (Å²) in [5.74, 6) is 1.76. The van der Waals surface area contributed by atoms with E-state index in [0.29, 0.717) is 18.4 Å². The monoisotopic (exact) mass is 467 g/mol. The minimum absolute atomic E-state index is 0.124. The minimum atomic E-state index is -0.863. The van der Waals surface area contributed by atoms with Crippen molar-refractivity contribution in [1.29, 1.82) is 0 Å². The first-order chi connectivity index (χ1) is 16.5. The number of nitrogens with zero attached hydrogens (tertiary/aromatic N) is 1. The zero-order valence-electron chi connectivity index (χ0n) is 21.0. The van der Waals surface area contributed by atoms with Crippen LogP contribution in [0, 0.1) is 17.8 Å². The molecule has 5 nitrogen and oxygen atoms in total. The molecule has 4 fully saturated rings. The number of methoxy groups -OCH3 is 1. The summed E-state index contributed by atoms with van der Waals surface area (Å²) in [5.41, 5.74) is -0.504. The fourth-order valence-corrected chi connectivity index (χ4v) is 7.41. The Labute approximate surface area is 204 Å². The van der Waals surface area contributed by atoms with Gasteiger partial charge in [0, 0.05) is 6.54 Å². The number of carbonyl (C=O) groups is 2. The zero-order chi connectivity index (χ0) is 23.8. The van der Waals surface area contributed by atoms with E-state index in [1.165, 1.54) is 64.2 Å². The van der Waals surface area contributed by atoms with E-state index in [1.807, 2.05) is 36.1 Å². The van der Waals surface area contributed by atoms with E-state index in [2.05, 4.69) is 0 Å². The maximum Gasteiger partial charge on any atom is 0.336 e. The van der Waals surface area contributed by atoms with Gasteiger partial charge in [0.2, 0.25) is 5.91 Å². The molecular formula is C29H41NO4. The number of esters is 1. The summed E-state index contributed by atoms with van der Waals surface area (Å²) in [6.07, 6.45) is 15.5. The maximum atomic E-state index is 14.0. The molecule has 34 heavy (non-hydrogen) atoms. The predicted octanol–water partition coefficient (Wildman–Crippen LogP) is 6.04. The standard InChI is InChI=1S/C29H41NO4/c1-28-27(32)34-29(28,18-17-21-9-5-3-6-10-21)25(19-22-11-7-4-8-12-22)26(31)30(28)20-23-13-15-24(33-2)16-14-23/h13-16,21-22,25H,3-12,17-20H2,1-2H3/t25-,28?,29?/m0/s1. The molecule has 4 aliphatic rings. The molecule has 3 atom stereocenters. The van der Waals surface area contributed by atoms with Crippen LogP contribution in [0.3, 0.4) is 0 Å². The highest BCUT2D eigenvalue weighted by molar-refractivity contribution is 6.01. The van der Waals surface area contributed by atoms with Gasteiger partial charge in [-0.25, -0.2) is 4.79 Å². The summed E-state index contributed by atoms with van der Waals surface area (Å²) >= 11 is 0. The first-order valence-corrected chi connectivity index (χ1v) is 13.7. The lowest BCUT2D eigenvalue weighted by Gasteiger charge is -2.55. The third kappa shape index (κ3) is 3.93. The average molecular weight is 468 g/mol. The van der Waals surface area contributed by atoms with Crippen LogP contribution in [-0.2, 0) is 20.9 Å². The Morgan fingerprint density at radius 3 is 2.15 bits per heavy atom. The van der Waals surface area contributed by atoms with E-state index in [0.717, 1.165) is 30.6 Å². The molecule has 2 saturated carbocycles. The highest BCUT2D eigenvalue weighted by atomic mass is 16.6. The number of likely N-dealkylation sites (tertiary alicyclic amines) is 1. The summed E-state index contributed by atoms with van der Waals surface area (Å²) in [6, 6.07) is 7.84. The van der Waals surface area contributed by atoms with Crippen LogP contribution >= 0.6 is 0 Å². The fraction of sp³-hybridized carbons (Fsp3) is 0.724. The van der Waals surface area contributed by atoms with Crippen LogP contribution in [0.5, 0.6) is 5.75 Å². The number of carbonyl (C=O) groups excluding carboxylic acids is 2. The average Bonchev–Trinajstić information content (AvgIpc) is 3.01. The lowest BCUT2D eigenvalue weighted by atomic mass is 9.64. The first-order valence-electron chi connectivity index (χ1n) is 13.7. The van der Waals surface area contributed by atoms with Crippen LogP contribution in [-0.4, -0.2) is 35.0 Å². The molecular weight excluding hydrogens is 426 g/mol. The summed E-state index contributed by atoms with van der Waals surface area (Å²) in [6.45, 7) is 2.43. The molecule has 2 saturated heterocycles. The number of amides is 1. The van der Waals surface area contributed by atoms with Gasteiger partial charge in [-0.15, -0.1) is 0 Å². The molecule has 2 aliphatic heterocycles. The van der Waals surface area contributed by atoms with Crippen molar-refractivity contribution in [1.82, 2.24) is 4.90 Å². The van der Waals surface area contributed by atoms with Gasteiger partial charge in [-0.3, -0.25) is 4.79 Å². The molecule has 1 aromatic carbocycles. The number of fused-ring (bicyclic) bond motifs is 1. The van der Waals surface area contributed by atoms with Gasteiger partial charge in [0.15, 0.2) is 11.1 Å². The van der Waals surface area contributed by atoms with Crippen molar-refractivity contribution in [3.63, 3.8) is 0 Å². The Bertz CT molecular complexity index is 886. The van der Waals surface area contributed by atoms with Crippen molar-refractivity contribution in [3.05, 3.63) is 29.8 Å². The van der Waals surface area contributed by atoms with E-state index in [1.54, 1.807) is 7.11 Å². The van der Waals surface area contributed by atoms with Crippen LogP contribution in [0.1, 0.15) is 96.0 Å². The predicted molar refractivity (Wildman–Crippen MR) is 131 cm³/mol. The van der Waals surface area contributed by atoms with Gasteiger partial charge in [-0.1, -0.05) is 76.3 Å². The number of rotatable bonds is 8. The highest BCUT2D eigenvalue weighted by Gasteiger charge is 2.78. The third-order valence-corrected chi connectivity index (χ3v) is 9.61. The number of benzene rings is 1. The van der Waals surface area contributed by atoms with Gasteiger partial charge in [0.05, 0.1) is 13.0 Å². The van der Waals surface area contributed by atoms with Crippen molar-refractivity contribution in [3.8, 4) is 5.75 Å². The number of hydrogen-bond donors (Lipinski definition) is 0. The molecule has 2 unspecified atom stereocenters. The lowest BCUT2D eigenvalue weighted by molar-refractivity contribution is -0.238. The van der Waals surface area contributed by atoms with Crippen LogP contribution in [0.15, 0.2) is 24.3 Å². The van der Waals surface area contributed by atoms with Crippen LogP contribution in [0.2, 0.25) is 0 Å². The van der Waals surface area contributed by atoms with Crippen molar-refractivity contribution in [2.24, 2.45) is 17.8 Å². The third-order valence-electron chi connectivity index (χ3n) is 9.61.